The number of nitrogens with one attached hydrogen (secondary N) is 1. The van der Waals surface area contributed by atoms with Crippen LogP contribution >= 0.6 is 34.8 Å². The number of hydrogen-bond acceptors (Lipinski definition) is 3. The zero-order valence-electron chi connectivity index (χ0n) is 12.8. The topological polar surface area (TPSA) is 41.6 Å². The molecule has 7 heteroatoms. The molecule has 0 aromatic heterocycles. The van der Waals surface area contributed by atoms with Crippen molar-refractivity contribution in [3.8, 4) is 0 Å². The summed E-state index contributed by atoms with van der Waals surface area (Å²) in [5, 5.41) is 2.66. The second-order valence-corrected chi connectivity index (χ2v) is 7.56. The van der Waals surface area contributed by atoms with Gasteiger partial charge >= 0.3 is 6.09 Å². The Morgan fingerprint density at radius 3 is 2.17 bits per heavy atom. The largest absolute Gasteiger partial charge is 0.445 e. The van der Waals surface area contributed by atoms with E-state index in [1.807, 2.05) is 65.6 Å². The standard InChI is InChI=1S/C17H17Cl3N2O2/c18-17(19,20)12-24-16(23)21-13-22(15-9-5-2-6-10-15)11-14-7-3-1-4-8-14/h1-10H,11-13H2,(H,21,23). The van der Waals surface area contributed by atoms with E-state index in [1.165, 1.54) is 0 Å². The van der Waals surface area contributed by atoms with Gasteiger partial charge in [0.25, 0.3) is 0 Å². The second kappa shape index (κ2) is 9.02. The first-order valence-electron chi connectivity index (χ1n) is 7.25. The number of anilines is 1. The first-order chi connectivity index (χ1) is 11.4. The number of carbonyl (C=O) groups excluding carboxylic acids is 1. The molecule has 0 fully saturated rings. The number of rotatable bonds is 6. The molecule has 0 atom stereocenters. The van der Waals surface area contributed by atoms with E-state index in [4.69, 9.17) is 39.5 Å². The zero-order chi connectivity index (χ0) is 17.4. The summed E-state index contributed by atoms with van der Waals surface area (Å²) in [4.78, 5) is 13.7. The van der Waals surface area contributed by atoms with Crippen molar-refractivity contribution >= 4 is 46.6 Å². The third-order valence-corrected chi connectivity index (χ3v) is 3.45. The summed E-state index contributed by atoms with van der Waals surface area (Å²) < 4.78 is 3.25. The molecule has 0 bridgehead atoms. The van der Waals surface area contributed by atoms with E-state index < -0.39 is 9.89 Å². The first kappa shape index (κ1) is 18.7. The number of halogens is 3. The second-order valence-electron chi connectivity index (χ2n) is 5.05. The number of hydrogen-bond donors (Lipinski definition) is 1. The molecule has 2 aromatic carbocycles. The monoisotopic (exact) mass is 386 g/mol. The van der Waals surface area contributed by atoms with Crippen LogP contribution in [0.3, 0.4) is 0 Å². The third kappa shape index (κ3) is 6.87. The predicted molar refractivity (Wildman–Crippen MR) is 98.7 cm³/mol. The van der Waals surface area contributed by atoms with Crippen LogP contribution in [0.2, 0.25) is 0 Å². The summed E-state index contributed by atoms with van der Waals surface area (Å²) in [5.41, 5.74) is 2.10. The van der Waals surface area contributed by atoms with Crippen LogP contribution in [0.5, 0.6) is 0 Å². The Morgan fingerprint density at radius 1 is 1.00 bits per heavy atom. The van der Waals surface area contributed by atoms with Gasteiger partial charge in [-0.2, -0.15) is 0 Å². The lowest BCUT2D eigenvalue weighted by Gasteiger charge is -2.25. The van der Waals surface area contributed by atoms with Gasteiger partial charge in [-0.3, -0.25) is 0 Å². The summed E-state index contributed by atoms with van der Waals surface area (Å²) in [7, 11) is 0. The van der Waals surface area contributed by atoms with Crippen LogP contribution in [0.25, 0.3) is 0 Å². The Morgan fingerprint density at radius 2 is 1.58 bits per heavy atom. The molecule has 0 spiro atoms. The summed E-state index contributed by atoms with van der Waals surface area (Å²) in [6, 6.07) is 19.7. The van der Waals surface area contributed by atoms with Crippen molar-refractivity contribution in [1.29, 1.82) is 0 Å². The molecule has 1 N–H and O–H groups in total. The van der Waals surface area contributed by atoms with Gasteiger partial charge in [0.05, 0.1) is 6.67 Å². The Hall–Kier alpha value is -1.62. The van der Waals surface area contributed by atoms with E-state index in [1.54, 1.807) is 0 Å². The molecule has 0 radical (unpaired) electrons. The van der Waals surface area contributed by atoms with Crippen LogP contribution in [-0.2, 0) is 11.3 Å². The van der Waals surface area contributed by atoms with E-state index in [9.17, 15) is 4.79 Å². The molecular weight excluding hydrogens is 371 g/mol. The van der Waals surface area contributed by atoms with Crippen molar-refractivity contribution in [1.82, 2.24) is 5.32 Å². The quantitative estimate of drug-likeness (QED) is 0.574. The van der Waals surface area contributed by atoms with E-state index in [0.29, 0.717) is 6.54 Å². The number of amides is 1. The Labute approximate surface area is 156 Å². The van der Waals surface area contributed by atoms with Gasteiger partial charge in [0, 0.05) is 12.2 Å². The normalized spacial score (nSPS) is 11.0. The summed E-state index contributed by atoms with van der Waals surface area (Å²) in [6.07, 6.45) is -0.643. The minimum absolute atomic E-state index is 0.262. The lowest BCUT2D eigenvalue weighted by Crippen LogP contribution is -2.38. The number of ether oxygens (including phenoxy) is 1. The Balaban J connectivity index is 1.97. The fourth-order valence-corrected chi connectivity index (χ4v) is 2.20. The van der Waals surface area contributed by atoms with Gasteiger partial charge in [-0.1, -0.05) is 83.3 Å². The van der Waals surface area contributed by atoms with Gasteiger partial charge < -0.3 is 15.0 Å². The van der Waals surface area contributed by atoms with Crippen molar-refractivity contribution in [2.45, 2.75) is 10.3 Å². The van der Waals surface area contributed by atoms with Crippen LogP contribution in [-0.4, -0.2) is 23.2 Å². The van der Waals surface area contributed by atoms with Crippen molar-refractivity contribution in [2.24, 2.45) is 0 Å². The maximum absolute atomic E-state index is 11.7. The van der Waals surface area contributed by atoms with E-state index in [0.717, 1.165) is 11.3 Å². The number of carbonyl (C=O) groups is 1. The van der Waals surface area contributed by atoms with Gasteiger partial charge in [-0.05, 0) is 17.7 Å². The van der Waals surface area contributed by atoms with E-state index in [2.05, 4.69) is 5.32 Å². The third-order valence-electron chi connectivity index (χ3n) is 3.12. The van der Waals surface area contributed by atoms with Gasteiger partial charge in [0.15, 0.2) is 0 Å². The molecule has 1 amide bonds. The molecular formula is C17H17Cl3N2O2. The predicted octanol–water partition coefficient (Wildman–Crippen LogP) is 4.75. The molecule has 24 heavy (non-hydrogen) atoms. The van der Waals surface area contributed by atoms with E-state index >= 15 is 0 Å². The van der Waals surface area contributed by atoms with Crippen LogP contribution < -0.4 is 10.2 Å². The molecule has 0 heterocycles. The molecule has 0 unspecified atom stereocenters. The van der Waals surface area contributed by atoms with Crippen LogP contribution in [0, 0.1) is 0 Å². The lowest BCUT2D eigenvalue weighted by molar-refractivity contribution is 0.148. The smallest absolute Gasteiger partial charge is 0.408 e. The maximum Gasteiger partial charge on any atom is 0.408 e. The SMILES string of the molecule is O=C(NCN(Cc1ccccc1)c1ccccc1)OCC(Cl)(Cl)Cl. The molecule has 0 saturated carbocycles. The fraction of sp³-hybridized carbons (Fsp3) is 0.235. The maximum atomic E-state index is 11.7. The summed E-state index contributed by atoms with van der Waals surface area (Å²) in [5.74, 6) is 0. The molecule has 0 aliphatic carbocycles. The summed E-state index contributed by atoms with van der Waals surface area (Å²) >= 11 is 16.7. The highest BCUT2D eigenvalue weighted by Gasteiger charge is 2.22. The zero-order valence-corrected chi connectivity index (χ0v) is 15.1. The molecule has 2 rings (SSSR count). The van der Waals surface area contributed by atoms with Crippen molar-refractivity contribution in [3.63, 3.8) is 0 Å². The van der Waals surface area contributed by atoms with Gasteiger partial charge in [-0.25, -0.2) is 4.79 Å². The first-order valence-corrected chi connectivity index (χ1v) is 8.39. The van der Waals surface area contributed by atoms with Gasteiger partial charge in [-0.15, -0.1) is 0 Å². The number of para-hydroxylation sites is 1. The summed E-state index contributed by atoms with van der Waals surface area (Å²) in [6.45, 7) is 0.584. The molecule has 0 saturated heterocycles. The molecule has 4 nitrogen and oxygen atoms in total. The van der Waals surface area contributed by atoms with Gasteiger partial charge in [0.2, 0.25) is 3.79 Å². The highest BCUT2D eigenvalue weighted by atomic mass is 35.6. The average molecular weight is 388 g/mol. The van der Waals surface area contributed by atoms with Crippen LogP contribution in [0.1, 0.15) is 5.56 Å². The molecule has 128 valence electrons. The molecule has 0 aliphatic heterocycles. The minimum Gasteiger partial charge on any atom is -0.445 e. The van der Waals surface area contributed by atoms with Crippen LogP contribution in [0.4, 0.5) is 10.5 Å². The van der Waals surface area contributed by atoms with Crippen molar-refractivity contribution in [3.05, 3.63) is 66.2 Å². The fourth-order valence-electron chi connectivity index (χ4n) is 2.04. The number of benzene rings is 2. The van der Waals surface area contributed by atoms with Crippen molar-refractivity contribution < 1.29 is 9.53 Å². The number of alkyl halides is 3. The molecule has 0 aliphatic rings. The highest BCUT2D eigenvalue weighted by molar-refractivity contribution is 6.67. The highest BCUT2D eigenvalue weighted by Crippen LogP contribution is 2.25. The van der Waals surface area contributed by atoms with Crippen molar-refractivity contribution in [2.75, 3.05) is 18.2 Å². The molecule has 2 aromatic rings. The van der Waals surface area contributed by atoms with Gasteiger partial charge in [0.1, 0.15) is 6.61 Å². The minimum atomic E-state index is -1.62. The lowest BCUT2D eigenvalue weighted by atomic mass is 10.2. The Bertz CT molecular complexity index is 633. The number of alkyl carbamates (subject to hydrolysis) is 1. The van der Waals surface area contributed by atoms with Crippen LogP contribution in [0.15, 0.2) is 60.7 Å². The van der Waals surface area contributed by atoms with E-state index in [-0.39, 0.29) is 13.3 Å². The Kier molecular flexibility index (Phi) is 7.03. The number of nitrogens with zero attached hydrogens (tertiary/aromatic N) is 1. The average Bonchev–Trinajstić information content (AvgIpc) is 2.58.